The first-order valence-electron chi connectivity index (χ1n) is 10.4. The van der Waals surface area contributed by atoms with Gasteiger partial charge in [0.25, 0.3) is 0 Å². The molecule has 148 valence electrons. The van der Waals surface area contributed by atoms with E-state index in [-0.39, 0.29) is 11.6 Å². The highest BCUT2D eigenvalue weighted by Gasteiger charge is 2.37. The maximum Gasteiger partial charge on any atom is 0.131 e. The second-order valence-electron chi connectivity index (χ2n) is 8.66. The molecule has 2 aliphatic rings. The molecule has 2 aromatic carbocycles. The lowest BCUT2D eigenvalue weighted by atomic mass is 9.76. The minimum Gasteiger partial charge on any atom is -0.496 e. The number of hydrogen-bond acceptors (Lipinski definition) is 3. The summed E-state index contributed by atoms with van der Waals surface area (Å²) < 4.78 is 12.3. The molecule has 0 radical (unpaired) electrons. The molecule has 3 nitrogen and oxygen atoms in total. The Balaban J connectivity index is 1.93. The van der Waals surface area contributed by atoms with Crippen molar-refractivity contribution < 1.29 is 9.47 Å². The molecule has 0 amide bonds. The van der Waals surface area contributed by atoms with E-state index in [0.717, 1.165) is 36.3 Å². The Bertz CT molecular complexity index is 913. The van der Waals surface area contributed by atoms with E-state index in [1.165, 1.54) is 22.4 Å². The highest BCUT2D eigenvalue weighted by atomic mass is 16.5. The minimum atomic E-state index is 0.0258. The number of methoxy groups -OCH3 is 1. The zero-order chi connectivity index (χ0) is 19.9. The van der Waals surface area contributed by atoms with E-state index < -0.39 is 0 Å². The first-order valence-corrected chi connectivity index (χ1v) is 10.4. The molecular formula is C25H31NO2. The number of benzene rings is 2. The van der Waals surface area contributed by atoms with Crippen LogP contribution in [0, 0.1) is 0 Å². The Morgan fingerprint density at radius 1 is 1.18 bits per heavy atom. The van der Waals surface area contributed by atoms with Gasteiger partial charge in [-0.1, -0.05) is 38.1 Å². The van der Waals surface area contributed by atoms with E-state index in [2.05, 4.69) is 63.4 Å². The molecule has 0 aromatic heterocycles. The van der Waals surface area contributed by atoms with Crippen molar-refractivity contribution in [2.45, 2.75) is 64.5 Å². The molecule has 28 heavy (non-hydrogen) atoms. The van der Waals surface area contributed by atoms with Crippen molar-refractivity contribution in [3.8, 4) is 22.6 Å². The molecule has 2 aliphatic heterocycles. The molecule has 0 spiro atoms. The molecule has 3 heteroatoms. The fraction of sp³-hybridized carbons (Fsp3) is 0.440. The van der Waals surface area contributed by atoms with Crippen molar-refractivity contribution >= 4 is 5.69 Å². The second-order valence-corrected chi connectivity index (χ2v) is 8.66. The molecule has 2 heterocycles. The van der Waals surface area contributed by atoms with E-state index in [1.807, 2.05) is 12.1 Å². The number of ether oxygens (including phenoxy) is 2. The molecule has 2 unspecified atom stereocenters. The normalized spacial score (nSPS) is 21.9. The fourth-order valence-electron chi connectivity index (χ4n) is 4.93. The summed E-state index contributed by atoms with van der Waals surface area (Å²) >= 11 is 0. The number of anilines is 1. The first-order chi connectivity index (χ1) is 13.4. The Kier molecular flexibility index (Phi) is 4.86. The van der Waals surface area contributed by atoms with Crippen LogP contribution in [0.15, 0.2) is 42.5 Å². The molecule has 0 fully saturated rings. The maximum atomic E-state index is 6.55. The first kappa shape index (κ1) is 18.9. The Morgan fingerprint density at radius 2 is 2.00 bits per heavy atom. The van der Waals surface area contributed by atoms with Crippen molar-refractivity contribution in [1.29, 1.82) is 0 Å². The van der Waals surface area contributed by atoms with Crippen molar-refractivity contribution in [1.82, 2.24) is 0 Å². The lowest BCUT2D eigenvalue weighted by Crippen LogP contribution is -2.37. The van der Waals surface area contributed by atoms with Crippen LogP contribution in [0.3, 0.4) is 0 Å². The Morgan fingerprint density at radius 3 is 2.75 bits per heavy atom. The van der Waals surface area contributed by atoms with Gasteiger partial charge < -0.3 is 14.8 Å². The summed E-state index contributed by atoms with van der Waals surface area (Å²) in [6.45, 7) is 9.07. The minimum absolute atomic E-state index is 0.0258. The summed E-state index contributed by atoms with van der Waals surface area (Å²) in [6.07, 6.45) is 7.53. The smallest absolute Gasteiger partial charge is 0.131 e. The number of allylic oxidation sites excluding steroid dienone is 1. The topological polar surface area (TPSA) is 30.5 Å². The summed E-state index contributed by atoms with van der Waals surface area (Å²) in [5.41, 5.74) is 6.41. The van der Waals surface area contributed by atoms with E-state index in [4.69, 9.17) is 9.47 Å². The highest BCUT2D eigenvalue weighted by Crippen LogP contribution is 2.53. The standard InChI is InChI=1S/C25H31NO2/c1-6-7-8-10-21-24-17(23-19(27-5)11-9-12-20(23)28-21)13-14-18-22(24)16(2)15-25(3,4)26-18/h7-9,11-14,16,21,26H,6,10,15H2,1-5H3. The molecule has 0 saturated heterocycles. The average Bonchev–Trinajstić information content (AvgIpc) is 2.66. The van der Waals surface area contributed by atoms with Crippen LogP contribution in [-0.2, 0) is 0 Å². The summed E-state index contributed by atoms with van der Waals surface area (Å²) in [6, 6.07) is 10.6. The van der Waals surface area contributed by atoms with Crippen LogP contribution in [0.25, 0.3) is 11.1 Å². The van der Waals surface area contributed by atoms with Gasteiger partial charge in [-0.15, -0.1) is 0 Å². The Labute approximate surface area is 168 Å². The summed E-state index contributed by atoms with van der Waals surface area (Å²) in [4.78, 5) is 0. The number of hydrogen-bond donors (Lipinski definition) is 1. The predicted molar refractivity (Wildman–Crippen MR) is 117 cm³/mol. The van der Waals surface area contributed by atoms with Gasteiger partial charge in [-0.25, -0.2) is 0 Å². The van der Waals surface area contributed by atoms with Crippen LogP contribution < -0.4 is 14.8 Å². The largest absolute Gasteiger partial charge is 0.496 e. The van der Waals surface area contributed by atoms with Crippen molar-refractivity contribution in [2.75, 3.05) is 12.4 Å². The van der Waals surface area contributed by atoms with E-state index in [1.54, 1.807) is 7.11 Å². The number of rotatable bonds is 4. The number of nitrogens with one attached hydrogen (secondary N) is 1. The molecular weight excluding hydrogens is 346 g/mol. The predicted octanol–water partition coefficient (Wildman–Crippen LogP) is 6.85. The molecule has 1 N–H and O–H groups in total. The summed E-state index contributed by atoms with van der Waals surface area (Å²) in [7, 11) is 1.73. The fourth-order valence-corrected chi connectivity index (χ4v) is 4.93. The molecule has 0 saturated carbocycles. The molecule has 4 rings (SSSR count). The summed E-state index contributed by atoms with van der Waals surface area (Å²) in [5, 5.41) is 3.75. The van der Waals surface area contributed by atoms with Crippen LogP contribution in [0.1, 0.15) is 70.1 Å². The highest BCUT2D eigenvalue weighted by molar-refractivity contribution is 5.84. The van der Waals surface area contributed by atoms with Gasteiger partial charge in [-0.3, -0.25) is 0 Å². The monoisotopic (exact) mass is 377 g/mol. The van der Waals surface area contributed by atoms with Gasteiger partial charge in [-0.05, 0) is 61.9 Å². The third kappa shape index (κ3) is 3.17. The second kappa shape index (κ2) is 7.20. The van der Waals surface area contributed by atoms with Crippen molar-refractivity contribution in [3.05, 3.63) is 53.6 Å². The van der Waals surface area contributed by atoms with E-state index in [0.29, 0.717) is 5.92 Å². The van der Waals surface area contributed by atoms with Gasteiger partial charge in [0, 0.05) is 23.2 Å². The molecule has 2 aromatic rings. The third-order valence-corrected chi connectivity index (χ3v) is 5.89. The Hall–Kier alpha value is -2.42. The van der Waals surface area contributed by atoms with Crippen LogP contribution >= 0.6 is 0 Å². The SMILES string of the molecule is CCC=CCC1Oc2cccc(OC)c2-c2ccc3c(c21)C(C)CC(C)(C)N3. The van der Waals surface area contributed by atoms with Gasteiger partial charge in [0.2, 0.25) is 0 Å². The van der Waals surface area contributed by atoms with Gasteiger partial charge in [0.15, 0.2) is 0 Å². The van der Waals surface area contributed by atoms with Gasteiger partial charge >= 0.3 is 0 Å². The lowest BCUT2D eigenvalue weighted by molar-refractivity contribution is 0.202. The van der Waals surface area contributed by atoms with Crippen LogP contribution in [-0.4, -0.2) is 12.6 Å². The summed E-state index contributed by atoms with van der Waals surface area (Å²) in [5.74, 6) is 2.26. The maximum absolute atomic E-state index is 6.55. The number of fused-ring (bicyclic) bond motifs is 5. The quantitative estimate of drug-likeness (QED) is 0.591. The molecule has 0 bridgehead atoms. The van der Waals surface area contributed by atoms with E-state index >= 15 is 0 Å². The zero-order valence-electron chi connectivity index (χ0n) is 17.6. The molecule has 0 aliphatic carbocycles. The molecule has 2 atom stereocenters. The van der Waals surface area contributed by atoms with Crippen LogP contribution in [0.5, 0.6) is 11.5 Å². The van der Waals surface area contributed by atoms with Crippen LogP contribution in [0.4, 0.5) is 5.69 Å². The third-order valence-electron chi connectivity index (χ3n) is 5.89. The van der Waals surface area contributed by atoms with Gasteiger partial charge in [0.1, 0.15) is 17.6 Å². The average molecular weight is 378 g/mol. The van der Waals surface area contributed by atoms with E-state index in [9.17, 15) is 0 Å². The zero-order valence-corrected chi connectivity index (χ0v) is 17.6. The lowest BCUT2D eigenvalue weighted by Gasteiger charge is -2.41. The van der Waals surface area contributed by atoms with Crippen LogP contribution in [0.2, 0.25) is 0 Å². The van der Waals surface area contributed by atoms with Crippen molar-refractivity contribution in [2.24, 2.45) is 0 Å². The van der Waals surface area contributed by atoms with Gasteiger partial charge in [0.05, 0.1) is 12.7 Å². The van der Waals surface area contributed by atoms with Gasteiger partial charge in [-0.2, -0.15) is 0 Å². The van der Waals surface area contributed by atoms with Crippen molar-refractivity contribution in [3.63, 3.8) is 0 Å².